The number of amides is 1. The third-order valence-electron chi connectivity index (χ3n) is 5.58. The Morgan fingerprint density at radius 3 is 2.45 bits per heavy atom. The van der Waals surface area contributed by atoms with E-state index in [0.29, 0.717) is 13.6 Å². The van der Waals surface area contributed by atoms with E-state index in [1.807, 2.05) is 0 Å². The maximum atomic E-state index is 14.3. The molecule has 1 atom stereocenters. The van der Waals surface area contributed by atoms with Gasteiger partial charge in [0.05, 0.1) is 27.9 Å². The van der Waals surface area contributed by atoms with Gasteiger partial charge in [0, 0.05) is 23.4 Å². The molecule has 1 amide bonds. The van der Waals surface area contributed by atoms with Crippen LogP contribution in [0.1, 0.15) is 22.7 Å². The number of thiophene rings is 1. The van der Waals surface area contributed by atoms with E-state index in [2.05, 4.69) is 5.10 Å². The fourth-order valence-corrected chi connectivity index (χ4v) is 5.00. The van der Waals surface area contributed by atoms with Crippen LogP contribution in [-0.4, -0.2) is 31.2 Å². The minimum Gasteiger partial charge on any atom is -0.322 e. The van der Waals surface area contributed by atoms with Gasteiger partial charge in [0.15, 0.2) is 5.82 Å². The summed E-state index contributed by atoms with van der Waals surface area (Å²) in [4.78, 5) is 26.5. The molecule has 2 aromatic heterocycles. The van der Waals surface area contributed by atoms with Crippen LogP contribution in [0, 0.1) is 5.82 Å². The number of aromatic nitrogens is 3. The Morgan fingerprint density at radius 2 is 1.79 bits per heavy atom. The zero-order valence-corrected chi connectivity index (χ0v) is 21.7. The molecule has 0 saturated carbocycles. The maximum absolute atomic E-state index is 14.3. The molecule has 2 heterocycles. The predicted molar refractivity (Wildman–Crippen MR) is 136 cm³/mol. The van der Waals surface area contributed by atoms with E-state index in [1.165, 1.54) is 41.0 Å². The highest BCUT2D eigenvalue weighted by Gasteiger charge is 2.35. The topological polar surface area (TPSA) is 86.2 Å². The van der Waals surface area contributed by atoms with Crippen molar-refractivity contribution in [2.45, 2.75) is 25.3 Å². The summed E-state index contributed by atoms with van der Waals surface area (Å²) >= 11 is 13.2. The van der Waals surface area contributed by atoms with Crippen LogP contribution in [0.2, 0.25) is 4.34 Å². The molecule has 2 N–H and O–H groups in total. The summed E-state index contributed by atoms with van der Waals surface area (Å²) in [5.41, 5.74) is 4.27. The molecule has 38 heavy (non-hydrogen) atoms. The molecule has 0 aliphatic heterocycles. The summed E-state index contributed by atoms with van der Waals surface area (Å²) in [6.07, 6.45) is -4.64. The van der Waals surface area contributed by atoms with Gasteiger partial charge < -0.3 is 5.73 Å². The Bertz CT molecular complexity index is 1520. The Morgan fingerprint density at radius 1 is 1.11 bits per heavy atom. The quantitative estimate of drug-likeness (QED) is 0.223. The van der Waals surface area contributed by atoms with Crippen molar-refractivity contribution in [2.24, 2.45) is 5.73 Å². The molecule has 14 heteroatoms. The fourth-order valence-electron chi connectivity index (χ4n) is 3.76. The van der Waals surface area contributed by atoms with Crippen LogP contribution >= 0.6 is 34.7 Å². The van der Waals surface area contributed by atoms with Crippen molar-refractivity contribution in [1.29, 1.82) is 0 Å². The average molecular weight is 588 g/mol. The fraction of sp³-hybridized carbons (Fsp3) is 0.208. The SMILES string of the molecule is NC(CN(Cl)C(=O)Cn1nc(-c2ccc(Cl)s2)n(Cc2ccccc2F)c1=O)c1ccccc1C(F)(F)F. The second kappa shape index (κ2) is 11.3. The number of carbonyl (C=O) groups is 1. The number of carbonyl (C=O) groups excluding carboxylic acids is 1. The summed E-state index contributed by atoms with van der Waals surface area (Å²) in [5.74, 6) is -1.21. The molecule has 4 aromatic rings. The molecule has 0 aliphatic carbocycles. The van der Waals surface area contributed by atoms with E-state index in [1.54, 1.807) is 18.2 Å². The lowest BCUT2D eigenvalue weighted by Gasteiger charge is -2.22. The highest BCUT2D eigenvalue weighted by atomic mass is 35.5. The van der Waals surface area contributed by atoms with Crippen molar-refractivity contribution in [3.63, 3.8) is 0 Å². The van der Waals surface area contributed by atoms with Crippen molar-refractivity contribution >= 4 is 40.6 Å². The van der Waals surface area contributed by atoms with Gasteiger partial charge in [0.25, 0.3) is 5.91 Å². The van der Waals surface area contributed by atoms with Crippen LogP contribution in [-0.2, 0) is 24.1 Å². The molecule has 0 aliphatic rings. The van der Waals surface area contributed by atoms with Crippen molar-refractivity contribution in [1.82, 2.24) is 18.8 Å². The van der Waals surface area contributed by atoms with E-state index in [4.69, 9.17) is 29.1 Å². The zero-order chi connectivity index (χ0) is 27.6. The molecule has 0 fully saturated rings. The smallest absolute Gasteiger partial charge is 0.322 e. The molecule has 4 rings (SSSR count). The molecule has 0 radical (unpaired) electrons. The van der Waals surface area contributed by atoms with Gasteiger partial charge in [0.1, 0.15) is 12.4 Å². The van der Waals surface area contributed by atoms with Crippen molar-refractivity contribution in [3.05, 3.63) is 98.0 Å². The Labute approximate surface area is 227 Å². The summed E-state index contributed by atoms with van der Waals surface area (Å²) in [6.45, 7) is -1.27. The first-order valence-corrected chi connectivity index (χ1v) is 12.5. The predicted octanol–water partition coefficient (Wildman–Crippen LogP) is 5.32. The van der Waals surface area contributed by atoms with E-state index in [0.717, 1.165) is 22.1 Å². The van der Waals surface area contributed by atoms with Crippen LogP contribution in [0.4, 0.5) is 17.6 Å². The van der Waals surface area contributed by atoms with E-state index in [-0.39, 0.29) is 23.5 Å². The highest BCUT2D eigenvalue weighted by Crippen LogP contribution is 2.34. The molecule has 7 nitrogen and oxygen atoms in total. The second-order valence-electron chi connectivity index (χ2n) is 8.18. The van der Waals surface area contributed by atoms with Gasteiger partial charge in [0.2, 0.25) is 0 Å². The van der Waals surface area contributed by atoms with Gasteiger partial charge in [-0.3, -0.25) is 13.8 Å². The summed E-state index contributed by atoms with van der Waals surface area (Å²) < 4.78 is 57.4. The second-order valence-corrected chi connectivity index (χ2v) is 10.3. The lowest BCUT2D eigenvalue weighted by atomic mass is 10.0. The molecule has 0 spiro atoms. The molecule has 0 bridgehead atoms. The minimum atomic E-state index is -4.64. The van der Waals surface area contributed by atoms with Crippen LogP contribution in [0.3, 0.4) is 0 Å². The van der Waals surface area contributed by atoms with Crippen LogP contribution in [0.5, 0.6) is 0 Å². The summed E-state index contributed by atoms with van der Waals surface area (Å²) in [7, 11) is 0. The number of hydrogen-bond donors (Lipinski definition) is 1. The van der Waals surface area contributed by atoms with E-state index in [9.17, 15) is 27.2 Å². The van der Waals surface area contributed by atoms with Crippen molar-refractivity contribution < 1.29 is 22.4 Å². The zero-order valence-electron chi connectivity index (χ0n) is 19.3. The standard InChI is InChI=1S/C24H19Cl2F4N5O2S/c25-20-10-9-19(38-20)22-32-35(23(37)33(22)11-14-5-1-4-8-17(14)27)13-21(36)34(26)12-18(31)15-6-2-3-7-16(15)24(28,29)30/h1-10,18H,11-13,31H2. The third-order valence-corrected chi connectivity index (χ3v) is 7.13. The number of rotatable bonds is 8. The van der Waals surface area contributed by atoms with Crippen molar-refractivity contribution in [3.8, 4) is 10.7 Å². The minimum absolute atomic E-state index is 0.153. The largest absolute Gasteiger partial charge is 0.416 e. The first-order chi connectivity index (χ1) is 18.0. The van der Waals surface area contributed by atoms with E-state index < -0.39 is 48.3 Å². The molecule has 2 aromatic carbocycles. The number of alkyl halides is 3. The Hall–Kier alpha value is -3.19. The van der Waals surface area contributed by atoms with Crippen molar-refractivity contribution in [2.75, 3.05) is 6.54 Å². The molecular formula is C24H19Cl2F4N5O2S. The number of nitrogens with zero attached hydrogens (tertiary/aromatic N) is 4. The van der Waals surface area contributed by atoms with Gasteiger partial charge in [-0.2, -0.15) is 13.2 Å². The van der Waals surface area contributed by atoms with Crippen LogP contribution in [0.15, 0.2) is 65.5 Å². The monoisotopic (exact) mass is 587 g/mol. The summed E-state index contributed by atoms with van der Waals surface area (Å²) in [6, 6.07) is 12.6. The highest BCUT2D eigenvalue weighted by molar-refractivity contribution is 7.19. The van der Waals surface area contributed by atoms with Crippen LogP contribution < -0.4 is 11.4 Å². The maximum Gasteiger partial charge on any atom is 0.416 e. The molecule has 0 saturated heterocycles. The first-order valence-electron chi connectivity index (χ1n) is 11.0. The van der Waals surface area contributed by atoms with Gasteiger partial charge in [-0.05, 0) is 29.8 Å². The van der Waals surface area contributed by atoms with Gasteiger partial charge in [-0.15, -0.1) is 16.4 Å². The summed E-state index contributed by atoms with van der Waals surface area (Å²) in [5, 5.41) is 4.24. The number of benzene rings is 2. The molecular weight excluding hydrogens is 569 g/mol. The van der Waals surface area contributed by atoms with Crippen LogP contribution in [0.25, 0.3) is 10.7 Å². The van der Waals surface area contributed by atoms with Gasteiger partial charge in [-0.25, -0.2) is 13.9 Å². The molecule has 200 valence electrons. The molecule has 1 unspecified atom stereocenters. The van der Waals surface area contributed by atoms with E-state index >= 15 is 0 Å². The number of halogens is 6. The third kappa shape index (κ3) is 6.09. The lowest BCUT2D eigenvalue weighted by molar-refractivity contribution is -0.138. The van der Waals surface area contributed by atoms with Gasteiger partial charge >= 0.3 is 11.9 Å². The van der Waals surface area contributed by atoms with Gasteiger partial charge in [-0.1, -0.05) is 48.0 Å². The Kier molecular flexibility index (Phi) is 8.26. The number of hydrogen-bond acceptors (Lipinski definition) is 5. The number of nitrogens with two attached hydrogens (primary N) is 1. The lowest BCUT2D eigenvalue weighted by Crippen LogP contribution is -2.36. The average Bonchev–Trinajstić information content (AvgIpc) is 3.43. The first kappa shape index (κ1) is 27.8. The Balaban J connectivity index is 1.58. The normalized spacial score (nSPS) is 12.5.